The molecule has 0 aliphatic rings. The fourth-order valence-corrected chi connectivity index (χ4v) is 1.13. The van der Waals surface area contributed by atoms with Crippen molar-refractivity contribution in [2.45, 2.75) is 13.3 Å². The highest BCUT2D eigenvalue weighted by Gasteiger charge is 2.31. The lowest BCUT2D eigenvalue weighted by molar-refractivity contribution is -0.274. The maximum Gasteiger partial charge on any atom is 0.573 e. The van der Waals surface area contributed by atoms with Crippen LogP contribution in [0.1, 0.15) is 22.8 Å². The van der Waals surface area contributed by atoms with Crippen molar-refractivity contribution < 1.29 is 22.7 Å². The summed E-state index contributed by atoms with van der Waals surface area (Å²) in [7, 11) is 0. The van der Waals surface area contributed by atoms with Crippen LogP contribution < -0.4 is 4.74 Å². The molecule has 1 aromatic rings. The van der Waals surface area contributed by atoms with Gasteiger partial charge in [0.15, 0.2) is 0 Å². The molecular weight excluding hydrogens is 221 g/mol. The molecule has 0 saturated carbocycles. The van der Waals surface area contributed by atoms with Crippen molar-refractivity contribution in [2.75, 3.05) is 0 Å². The molecule has 0 unspecified atom stereocenters. The van der Waals surface area contributed by atoms with Gasteiger partial charge in [0.25, 0.3) is 0 Å². The lowest BCUT2D eigenvalue weighted by Gasteiger charge is -2.11. The number of hydrogen-bond acceptors (Lipinski definition) is 2. The molecule has 0 N–H and O–H groups in total. The Labute approximate surface area is 90.3 Å². The summed E-state index contributed by atoms with van der Waals surface area (Å²) in [6.45, 7) is 5.21. The Hall–Kier alpha value is -1.78. The average molecular weight is 230 g/mol. The fourth-order valence-electron chi connectivity index (χ4n) is 1.13. The van der Waals surface area contributed by atoms with Gasteiger partial charge in [-0.05, 0) is 30.7 Å². The van der Waals surface area contributed by atoms with Gasteiger partial charge in [-0.3, -0.25) is 4.79 Å². The van der Waals surface area contributed by atoms with Crippen LogP contribution in [0.5, 0.6) is 5.75 Å². The first-order chi connectivity index (χ1) is 7.31. The van der Waals surface area contributed by atoms with Crippen LogP contribution >= 0.6 is 0 Å². The molecule has 0 amide bonds. The van der Waals surface area contributed by atoms with Gasteiger partial charge in [0.05, 0.1) is 0 Å². The highest BCUT2D eigenvalue weighted by Crippen LogP contribution is 2.26. The largest absolute Gasteiger partial charge is 0.573 e. The third-order valence-corrected chi connectivity index (χ3v) is 1.79. The first kappa shape index (κ1) is 12.3. The van der Waals surface area contributed by atoms with Crippen LogP contribution in [0.4, 0.5) is 13.2 Å². The molecule has 0 saturated heterocycles. The predicted octanol–water partition coefficient (Wildman–Crippen LogP) is 3.43. The van der Waals surface area contributed by atoms with E-state index >= 15 is 0 Å². The second-order valence-electron chi connectivity index (χ2n) is 3.24. The Kier molecular flexibility index (Phi) is 3.37. The normalized spacial score (nSPS) is 11.0. The number of hydrogen-bond donors (Lipinski definition) is 0. The van der Waals surface area contributed by atoms with Crippen molar-refractivity contribution in [3.05, 3.63) is 35.9 Å². The molecule has 0 aliphatic carbocycles. The van der Waals surface area contributed by atoms with Gasteiger partial charge in [-0.25, -0.2) is 0 Å². The lowest BCUT2D eigenvalue weighted by atomic mass is 10.1. The van der Waals surface area contributed by atoms with Crippen molar-refractivity contribution >= 4 is 11.9 Å². The molecule has 16 heavy (non-hydrogen) atoms. The summed E-state index contributed by atoms with van der Waals surface area (Å²) in [5.74, 6) is -0.421. The van der Waals surface area contributed by atoms with E-state index in [0.717, 1.165) is 6.07 Å². The number of rotatable bonds is 3. The first-order valence-electron chi connectivity index (χ1n) is 4.34. The van der Waals surface area contributed by atoms with Crippen LogP contribution in [0.15, 0.2) is 24.8 Å². The second-order valence-corrected chi connectivity index (χ2v) is 3.24. The van der Waals surface area contributed by atoms with Gasteiger partial charge in [-0.2, -0.15) is 0 Å². The van der Waals surface area contributed by atoms with Gasteiger partial charge in [0.1, 0.15) is 12.0 Å². The average Bonchev–Trinajstić information content (AvgIpc) is 2.14. The first-order valence-corrected chi connectivity index (χ1v) is 4.34. The van der Waals surface area contributed by atoms with Crippen molar-refractivity contribution in [3.8, 4) is 5.75 Å². The highest BCUT2D eigenvalue weighted by atomic mass is 19.4. The van der Waals surface area contributed by atoms with Gasteiger partial charge in [-0.15, -0.1) is 13.2 Å². The molecule has 0 heterocycles. The van der Waals surface area contributed by atoms with Crippen LogP contribution in [0.25, 0.3) is 5.57 Å². The van der Waals surface area contributed by atoms with Gasteiger partial charge in [0, 0.05) is 5.56 Å². The van der Waals surface area contributed by atoms with Gasteiger partial charge < -0.3 is 4.74 Å². The van der Waals surface area contributed by atoms with E-state index in [1.165, 1.54) is 12.1 Å². The maximum atomic E-state index is 12.0. The Bertz CT molecular complexity index is 422. The summed E-state index contributed by atoms with van der Waals surface area (Å²) in [6, 6.07) is 3.65. The Morgan fingerprint density at radius 3 is 2.44 bits per heavy atom. The standard InChI is InChI=1S/C11H9F3O2/c1-7(2)9-3-8(6-15)4-10(5-9)16-11(12,13)14/h3-6H,1H2,2H3. The molecule has 5 heteroatoms. The minimum Gasteiger partial charge on any atom is -0.406 e. The number of alkyl halides is 3. The summed E-state index contributed by atoms with van der Waals surface area (Å²) in [5.41, 5.74) is 1.10. The van der Waals surface area contributed by atoms with Gasteiger partial charge in [-0.1, -0.05) is 12.2 Å². The van der Waals surface area contributed by atoms with Crippen LogP contribution in [-0.4, -0.2) is 12.6 Å². The number of allylic oxidation sites excluding steroid dienone is 1. The van der Waals surface area contributed by atoms with E-state index < -0.39 is 12.1 Å². The van der Waals surface area contributed by atoms with E-state index in [1.54, 1.807) is 6.92 Å². The minimum atomic E-state index is -4.77. The van der Waals surface area contributed by atoms with Crippen LogP contribution in [0.3, 0.4) is 0 Å². The topological polar surface area (TPSA) is 26.3 Å². The second kappa shape index (κ2) is 4.38. The molecule has 0 spiro atoms. The molecule has 2 nitrogen and oxygen atoms in total. The zero-order valence-electron chi connectivity index (χ0n) is 8.47. The zero-order chi connectivity index (χ0) is 12.3. The predicted molar refractivity (Wildman–Crippen MR) is 53.2 cm³/mol. The molecule has 0 aliphatic heterocycles. The van der Waals surface area contributed by atoms with Gasteiger partial charge >= 0.3 is 6.36 Å². The quantitative estimate of drug-likeness (QED) is 0.743. The Morgan fingerprint density at radius 2 is 2.00 bits per heavy atom. The molecule has 0 radical (unpaired) electrons. The zero-order valence-corrected chi connectivity index (χ0v) is 8.47. The smallest absolute Gasteiger partial charge is 0.406 e. The van der Waals surface area contributed by atoms with Crippen molar-refractivity contribution in [1.29, 1.82) is 0 Å². The summed E-state index contributed by atoms with van der Waals surface area (Å²) in [4.78, 5) is 10.5. The number of ether oxygens (including phenoxy) is 1. The van der Waals surface area contributed by atoms with Crippen LogP contribution in [0, 0.1) is 0 Å². The third-order valence-electron chi connectivity index (χ3n) is 1.79. The lowest BCUT2D eigenvalue weighted by Crippen LogP contribution is -2.17. The van der Waals surface area contributed by atoms with E-state index in [4.69, 9.17) is 0 Å². The molecule has 0 aromatic heterocycles. The summed E-state index contributed by atoms with van der Waals surface area (Å²) < 4.78 is 39.7. The SMILES string of the molecule is C=C(C)c1cc(C=O)cc(OC(F)(F)F)c1. The molecule has 0 bridgehead atoms. The van der Waals surface area contributed by atoms with E-state index in [0.29, 0.717) is 17.4 Å². The number of carbonyl (C=O) groups is 1. The molecule has 0 atom stereocenters. The van der Waals surface area contributed by atoms with Crippen molar-refractivity contribution in [2.24, 2.45) is 0 Å². The Balaban J connectivity index is 3.14. The van der Waals surface area contributed by atoms with Crippen molar-refractivity contribution in [3.63, 3.8) is 0 Å². The van der Waals surface area contributed by atoms with Crippen molar-refractivity contribution in [1.82, 2.24) is 0 Å². The number of carbonyl (C=O) groups excluding carboxylic acids is 1. The van der Waals surface area contributed by atoms with Gasteiger partial charge in [0.2, 0.25) is 0 Å². The molecule has 86 valence electrons. The Morgan fingerprint density at radius 1 is 1.38 bits per heavy atom. The van der Waals surface area contributed by atoms with Crippen LogP contribution in [0.2, 0.25) is 0 Å². The van der Waals surface area contributed by atoms with E-state index in [-0.39, 0.29) is 5.56 Å². The summed E-state index contributed by atoms with van der Waals surface area (Å²) >= 11 is 0. The molecule has 1 aromatic carbocycles. The number of benzene rings is 1. The van der Waals surface area contributed by atoms with E-state index in [2.05, 4.69) is 11.3 Å². The maximum absolute atomic E-state index is 12.0. The summed E-state index contributed by atoms with van der Waals surface area (Å²) in [6.07, 6.45) is -4.32. The summed E-state index contributed by atoms with van der Waals surface area (Å²) in [5, 5.41) is 0. The third kappa shape index (κ3) is 3.42. The molecule has 1 rings (SSSR count). The number of halogens is 3. The molecular formula is C11H9F3O2. The number of aldehydes is 1. The fraction of sp³-hybridized carbons (Fsp3) is 0.182. The van der Waals surface area contributed by atoms with E-state index in [9.17, 15) is 18.0 Å². The molecule has 0 fully saturated rings. The van der Waals surface area contributed by atoms with E-state index in [1.807, 2.05) is 0 Å². The highest BCUT2D eigenvalue weighted by molar-refractivity contribution is 5.79. The van der Waals surface area contributed by atoms with Crippen LogP contribution in [-0.2, 0) is 0 Å². The minimum absolute atomic E-state index is 0.111. The monoisotopic (exact) mass is 230 g/mol.